The van der Waals surface area contributed by atoms with Crippen LogP contribution in [-0.4, -0.2) is 16.3 Å². The molecular weight excluding hydrogens is 197 g/mol. The molecule has 0 unspecified atom stereocenters. The molecule has 0 saturated carbocycles. The summed E-state index contributed by atoms with van der Waals surface area (Å²) in [5, 5.41) is 0.576. The molecule has 14 heavy (non-hydrogen) atoms. The van der Waals surface area contributed by atoms with Crippen molar-refractivity contribution < 1.29 is 17.9 Å². The van der Waals surface area contributed by atoms with Crippen LogP contribution >= 0.6 is 0 Å². The number of aromatic amines is 1. The topological polar surface area (TPSA) is 37.9 Å². The molecule has 0 amide bonds. The van der Waals surface area contributed by atoms with E-state index in [1.54, 1.807) is 12.3 Å². The molecule has 6 heteroatoms. The van der Waals surface area contributed by atoms with Gasteiger partial charge in [0.15, 0.2) is 0 Å². The highest BCUT2D eigenvalue weighted by molar-refractivity contribution is 5.76. The molecule has 0 aliphatic rings. The van der Waals surface area contributed by atoms with Crippen LogP contribution in [0.1, 0.15) is 0 Å². The third-order valence-corrected chi connectivity index (χ3v) is 1.61. The maximum atomic E-state index is 11.8. The van der Waals surface area contributed by atoms with Crippen molar-refractivity contribution in [3.05, 3.63) is 24.5 Å². The summed E-state index contributed by atoms with van der Waals surface area (Å²) < 4.78 is 39.1. The van der Waals surface area contributed by atoms with Crippen molar-refractivity contribution in [2.75, 3.05) is 0 Å². The van der Waals surface area contributed by atoms with E-state index >= 15 is 0 Å². The number of rotatable bonds is 1. The van der Waals surface area contributed by atoms with Gasteiger partial charge in [-0.05, 0) is 12.1 Å². The first-order valence-electron chi connectivity index (χ1n) is 3.73. The van der Waals surface area contributed by atoms with E-state index in [9.17, 15) is 13.2 Å². The average molecular weight is 202 g/mol. The van der Waals surface area contributed by atoms with Gasteiger partial charge in [-0.25, -0.2) is 4.98 Å². The molecule has 0 aromatic carbocycles. The van der Waals surface area contributed by atoms with Gasteiger partial charge in [-0.15, -0.1) is 13.2 Å². The summed E-state index contributed by atoms with van der Waals surface area (Å²) in [6, 6.07) is 2.89. The lowest BCUT2D eigenvalue weighted by molar-refractivity contribution is -0.274. The number of fused-ring (bicyclic) bond motifs is 1. The van der Waals surface area contributed by atoms with Crippen LogP contribution in [0.5, 0.6) is 5.75 Å². The van der Waals surface area contributed by atoms with E-state index in [0.29, 0.717) is 11.0 Å². The third kappa shape index (κ3) is 1.78. The van der Waals surface area contributed by atoms with Crippen LogP contribution in [0.2, 0.25) is 0 Å². The van der Waals surface area contributed by atoms with Gasteiger partial charge in [0.05, 0.1) is 6.20 Å². The van der Waals surface area contributed by atoms with Crippen molar-refractivity contribution in [3.63, 3.8) is 0 Å². The van der Waals surface area contributed by atoms with Crippen molar-refractivity contribution in [2.24, 2.45) is 0 Å². The third-order valence-electron chi connectivity index (χ3n) is 1.61. The van der Waals surface area contributed by atoms with Gasteiger partial charge in [0.25, 0.3) is 0 Å². The molecule has 0 spiro atoms. The van der Waals surface area contributed by atoms with E-state index < -0.39 is 6.36 Å². The minimum absolute atomic E-state index is 0.315. The smallest absolute Gasteiger partial charge is 0.404 e. The van der Waals surface area contributed by atoms with E-state index in [4.69, 9.17) is 0 Å². The SMILES string of the molecule is FC(F)(F)Oc1cnc2[nH]ccc2c1. The number of ether oxygens (including phenoxy) is 1. The van der Waals surface area contributed by atoms with Crippen LogP contribution in [0, 0.1) is 0 Å². The molecular formula is C8H5F3N2O. The maximum Gasteiger partial charge on any atom is 0.573 e. The van der Waals surface area contributed by atoms with Gasteiger partial charge >= 0.3 is 6.36 Å². The summed E-state index contributed by atoms with van der Waals surface area (Å²) >= 11 is 0. The number of nitrogens with zero attached hydrogens (tertiary/aromatic N) is 1. The first-order chi connectivity index (χ1) is 6.54. The molecule has 2 heterocycles. The molecule has 0 radical (unpaired) electrons. The van der Waals surface area contributed by atoms with Gasteiger partial charge in [-0.1, -0.05) is 0 Å². The fraction of sp³-hybridized carbons (Fsp3) is 0.125. The number of hydrogen-bond donors (Lipinski definition) is 1. The molecule has 2 aromatic rings. The molecule has 0 aliphatic carbocycles. The Labute approximate surface area is 76.5 Å². The second kappa shape index (κ2) is 2.90. The highest BCUT2D eigenvalue weighted by Gasteiger charge is 2.31. The standard InChI is InChI=1S/C8H5F3N2O/c9-8(10,11)14-6-3-5-1-2-12-7(5)13-4-6/h1-4H,(H,12,13). The zero-order valence-electron chi connectivity index (χ0n) is 6.80. The van der Waals surface area contributed by atoms with Crippen molar-refractivity contribution >= 4 is 11.0 Å². The minimum Gasteiger partial charge on any atom is -0.404 e. The lowest BCUT2D eigenvalue weighted by Gasteiger charge is -2.07. The van der Waals surface area contributed by atoms with Gasteiger partial charge < -0.3 is 9.72 Å². The Kier molecular flexibility index (Phi) is 1.83. The van der Waals surface area contributed by atoms with Gasteiger partial charge in [0, 0.05) is 11.6 Å². The quantitative estimate of drug-likeness (QED) is 0.771. The number of hydrogen-bond acceptors (Lipinski definition) is 2. The number of H-pyrrole nitrogens is 1. The van der Waals surface area contributed by atoms with E-state index in [1.165, 1.54) is 6.07 Å². The van der Waals surface area contributed by atoms with E-state index in [1.807, 2.05) is 0 Å². The van der Waals surface area contributed by atoms with Gasteiger partial charge in [-0.2, -0.15) is 0 Å². The van der Waals surface area contributed by atoms with Crippen molar-refractivity contribution in [1.82, 2.24) is 9.97 Å². The summed E-state index contributed by atoms with van der Waals surface area (Å²) in [6.07, 6.45) is -2.06. The van der Waals surface area contributed by atoms with Crippen LogP contribution in [-0.2, 0) is 0 Å². The predicted molar refractivity (Wildman–Crippen MR) is 42.8 cm³/mol. The number of alkyl halides is 3. The first-order valence-corrected chi connectivity index (χ1v) is 3.73. The zero-order chi connectivity index (χ0) is 10.2. The van der Waals surface area contributed by atoms with Crippen LogP contribution in [0.15, 0.2) is 24.5 Å². The second-order valence-electron chi connectivity index (χ2n) is 2.63. The highest BCUT2D eigenvalue weighted by Crippen LogP contribution is 2.24. The molecule has 0 fully saturated rings. The van der Waals surface area contributed by atoms with E-state index in [0.717, 1.165) is 6.20 Å². The Morgan fingerprint density at radius 1 is 1.36 bits per heavy atom. The van der Waals surface area contributed by atoms with E-state index in [-0.39, 0.29) is 5.75 Å². The Hall–Kier alpha value is -1.72. The number of aromatic nitrogens is 2. The zero-order valence-corrected chi connectivity index (χ0v) is 6.80. The minimum atomic E-state index is -4.67. The highest BCUT2D eigenvalue weighted by atomic mass is 19.4. The average Bonchev–Trinajstić information content (AvgIpc) is 2.47. The lowest BCUT2D eigenvalue weighted by Crippen LogP contribution is -2.17. The number of pyridine rings is 1. The van der Waals surface area contributed by atoms with Gasteiger partial charge in [-0.3, -0.25) is 0 Å². The number of nitrogens with one attached hydrogen (secondary N) is 1. The normalized spacial score (nSPS) is 11.9. The molecule has 2 aromatic heterocycles. The molecule has 2 rings (SSSR count). The molecule has 1 N–H and O–H groups in total. The summed E-state index contributed by atoms with van der Waals surface area (Å²) in [5.41, 5.74) is 0.527. The molecule has 3 nitrogen and oxygen atoms in total. The van der Waals surface area contributed by atoms with Crippen molar-refractivity contribution in [1.29, 1.82) is 0 Å². The lowest BCUT2D eigenvalue weighted by atomic mass is 10.3. The Bertz CT molecular complexity index is 449. The number of halogens is 3. The van der Waals surface area contributed by atoms with Crippen molar-refractivity contribution in [2.45, 2.75) is 6.36 Å². The summed E-state index contributed by atoms with van der Waals surface area (Å²) in [7, 11) is 0. The molecule has 0 atom stereocenters. The molecule has 0 aliphatic heterocycles. The Morgan fingerprint density at radius 2 is 2.14 bits per heavy atom. The monoisotopic (exact) mass is 202 g/mol. The molecule has 74 valence electrons. The molecule has 0 saturated heterocycles. The van der Waals surface area contributed by atoms with Crippen LogP contribution in [0.3, 0.4) is 0 Å². The second-order valence-corrected chi connectivity index (χ2v) is 2.63. The van der Waals surface area contributed by atoms with Crippen LogP contribution in [0.25, 0.3) is 11.0 Å². The van der Waals surface area contributed by atoms with Gasteiger partial charge in [0.1, 0.15) is 11.4 Å². The fourth-order valence-corrected chi connectivity index (χ4v) is 1.11. The van der Waals surface area contributed by atoms with Crippen molar-refractivity contribution in [3.8, 4) is 5.75 Å². The Morgan fingerprint density at radius 3 is 2.86 bits per heavy atom. The van der Waals surface area contributed by atoms with E-state index in [2.05, 4.69) is 14.7 Å². The van der Waals surface area contributed by atoms with Crippen LogP contribution in [0.4, 0.5) is 13.2 Å². The van der Waals surface area contributed by atoms with Crippen LogP contribution < -0.4 is 4.74 Å². The largest absolute Gasteiger partial charge is 0.573 e. The summed E-state index contributed by atoms with van der Waals surface area (Å²) in [5.74, 6) is -0.315. The van der Waals surface area contributed by atoms with Gasteiger partial charge in [0.2, 0.25) is 0 Å². The fourth-order valence-electron chi connectivity index (χ4n) is 1.11. The summed E-state index contributed by atoms with van der Waals surface area (Å²) in [4.78, 5) is 6.51. The predicted octanol–water partition coefficient (Wildman–Crippen LogP) is 2.46. The molecule has 0 bridgehead atoms. The Balaban J connectivity index is 2.35. The first kappa shape index (κ1) is 8.86. The summed E-state index contributed by atoms with van der Waals surface area (Å²) in [6.45, 7) is 0. The maximum absolute atomic E-state index is 11.8.